The molecule has 1 amide bonds. The Morgan fingerprint density at radius 3 is 2.31 bits per heavy atom. The van der Waals surface area contributed by atoms with Gasteiger partial charge in [-0.15, -0.1) is 0 Å². The zero-order chi connectivity index (χ0) is 21.4. The fourth-order valence-corrected chi connectivity index (χ4v) is 3.48. The molecule has 154 valence electrons. The highest BCUT2D eigenvalue weighted by molar-refractivity contribution is 9.09. The molecule has 2 N–H and O–H groups in total. The fraction of sp³-hybridized carbons (Fsp3) is 0.222. The van der Waals surface area contributed by atoms with E-state index in [1.165, 1.54) is 49.7 Å². The van der Waals surface area contributed by atoms with Crippen molar-refractivity contribution in [1.29, 1.82) is 0 Å². The highest BCUT2D eigenvalue weighted by Gasteiger charge is 2.16. The molecule has 0 fully saturated rings. The molecule has 0 aliphatic carbocycles. The first-order valence-electron chi connectivity index (χ1n) is 8.30. The SMILES string of the molecule is COC(=O)CCC(=O)Nc1ccc(S(=O)(=O)Nc2ccc(C(=O)CBr)cn2)cc1. The van der Waals surface area contributed by atoms with E-state index in [4.69, 9.17) is 0 Å². The minimum atomic E-state index is -3.90. The van der Waals surface area contributed by atoms with Gasteiger partial charge in [0.1, 0.15) is 5.82 Å². The number of rotatable bonds is 9. The topological polar surface area (TPSA) is 132 Å². The van der Waals surface area contributed by atoms with Crippen LogP contribution in [0.5, 0.6) is 0 Å². The number of aromatic nitrogens is 1. The van der Waals surface area contributed by atoms with Crippen molar-refractivity contribution in [2.75, 3.05) is 22.5 Å². The summed E-state index contributed by atoms with van der Waals surface area (Å²) in [5.74, 6) is -0.996. The largest absolute Gasteiger partial charge is 0.469 e. The summed E-state index contributed by atoms with van der Waals surface area (Å²) in [5, 5.41) is 2.71. The van der Waals surface area contributed by atoms with Crippen LogP contribution < -0.4 is 10.0 Å². The van der Waals surface area contributed by atoms with Gasteiger partial charge in [-0.1, -0.05) is 15.9 Å². The number of carbonyl (C=O) groups excluding carboxylic acids is 3. The maximum atomic E-state index is 12.5. The van der Waals surface area contributed by atoms with Gasteiger partial charge in [0.25, 0.3) is 10.0 Å². The van der Waals surface area contributed by atoms with Crippen LogP contribution in [0.4, 0.5) is 11.5 Å². The fourth-order valence-electron chi connectivity index (χ4n) is 2.15. The number of benzene rings is 1. The van der Waals surface area contributed by atoms with E-state index in [0.717, 1.165) is 0 Å². The third-order valence-corrected chi connectivity index (χ3v) is 5.56. The molecule has 1 aromatic heterocycles. The van der Waals surface area contributed by atoms with Crippen molar-refractivity contribution >= 4 is 55.1 Å². The second kappa shape index (κ2) is 10.1. The number of halogens is 1. The molecule has 1 aromatic carbocycles. The van der Waals surface area contributed by atoms with Gasteiger partial charge in [-0.3, -0.25) is 19.1 Å². The molecular formula is C18H18BrN3O6S. The lowest BCUT2D eigenvalue weighted by Crippen LogP contribution is -2.15. The number of alkyl halides is 1. The van der Waals surface area contributed by atoms with Gasteiger partial charge < -0.3 is 10.1 Å². The number of carbonyl (C=O) groups is 3. The minimum Gasteiger partial charge on any atom is -0.469 e. The van der Waals surface area contributed by atoms with Gasteiger partial charge in [-0.2, -0.15) is 0 Å². The average Bonchev–Trinajstić information content (AvgIpc) is 2.72. The van der Waals surface area contributed by atoms with Gasteiger partial charge in [0.05, 0.1) is 23.8 Å². The van der Waals surface area contributed by atoms with E-state index in [2.05, 4.69) is 35.7 Å². The highest BCUT2D eigenvalue weighted by atomic mass is 79.9. The van der Waals surface area contributed by atoms with E-state index in [-0.39, 0.29) is 34.7 Å². The van der Waals surface area contributed by atoms with Crippen LogP contribution in [0.15, 0.2) is 47.5 Å². The molecule has 0 spiro atoms. The first kappa shape index (κ1) is 22.5. The van der Waals surface area contributed by atoms with Crippen LogP contribution in [-0.4, -0.2) is 43.5 Å². The maximum absolute atomic E-state index is 12.5. The molecule has 9 nitrogen and oxygen atoms in total. The third kappa shape index (κ3) is 6.64. The Morgan fingerprint density at radius 1 is 1.07 bits per heavy atom. The molecule has 0 atom stereocenters. The molecule has 0 saturated heterocycles. The highest BCUT2D eigenvalue weighted by Crippen LogP contribution is 2.18. The summed E-state index contributed by atoms with van der Waals surface area (Å²) in [7, 11) is -2.67. The molecule has 11 heteroatoms. The van der Waals surface area contributed by atoms with Gasteiger partial charge in [-0.05, 0) is 36.4 Å². The van der Waals surface area contributed by atoms with E-state index in [1.54, 1.807) is 0 Å². The standard InChI is InChI=1S/C18H18BrN3O6S/c1-28-18(25)9-8-17(24)21-13-3-5-14(6-4-13)29(26,27)22-16-7-2-12(11-20-16)15(23)10-19/h2-7,11H,8-10H2,1H3,(H,20,22)(H,21,24). The minimum absolute atomic E-state index is 0.0347. The predicted octanol–water partition coefficient (Wildman–Crippen LogP) is 2.35. The van der Waals surface area contributed by atoms with Gasteiger partial charge in [-0.25, -0.2) is 13.4 Å². The van der Waals surface area contributed by atoms with Gasteiger partial charge in [0.2, 0.25) is 5.91 Å². The summed E-state index contributed by atoms with van der Waals surface area (Å²) in [6, 6.07) is 8.36. The number of methoxy groups -OCH3 is 1. The van der Waals surface area contributed by atoms with E-state index in [0.29, 0.717) is 11.3 Å². The Kier molecular flexibility index (Phi) is 7.85. The van der Waals surface area contributed by atoms with Gasteiger partial charge >= 0.3 is 5.97 Å². The molecule has 2 aromatic rings. The number of sulfonamides is 1. The number of nitrogens with one attached hydrogen (secondary N) is 2. The Hall–Kier alpha value is -2.79. The zero-order valence-electron chi connectivity index (χ0n) is 15.3. The number of nitrogens with zero attached hydrogens (tertiary/aromatic N) is 1. The number of esters is 1. The van der Waals surface area contributed by atoms with Crippen LogP contribution in [0.1, 0.15) is 23.2 Å². The van der Waals surface area contributed by atoms with Crippen LogP contribution in [0.25, 0.3) is 0 Å². The molecule has 29 heavy (non-hydrogen) atoms. The molecule has 0 aliphatic heterocycles. The van der Waals surface area contributed by atoms with Gasteiger partial charge in [0, 0.05) is 23.9 Å². The van der Waals surface area contributed by atoms with E-state index in [9.17, 15) is 22.8 Å². The van der Waals surface area contributed by atoms with Crippen LogP contribution >= 0.6 is 15.9 Å². The maximum Gasteiger partial charge on any atom is 0.306 e. The van der Waals surface area contributed by atoms with Crippen molar-refractivity contribution in [3.05, 3.63) is 48.2 Å². The normalized spacial score (nSPS) is 10.8. The number of pyridine rings is 1. The third-order valence-electron chi connectivity index (χ3n) is 3.68. The summed E-state index contributed by atoms with van der Waals surface area (Å²) in [6.45, 7) is 0. The zero-order valence-corrected chi connectivity index (χ0v) is 17.7. The van der Waals surface area contributed by atoms with E-state index in [1.807, 2.05) is 0 Å². The van der Waals surface area contributed by atoms with Gasteiger partial charge in [0.15, 0.2) is 5.78 Å². The van der Waals surface area contributed by atoms with Crippen molar-refractivity contribution in [3.8, 4) is 0 Å². The molecule has 0 radical (unpaired) electrons. The summed E-state index contributed by atoms with van der Waals surface area (Å²) < 4.78 is 31.7. The first-order valence-corrected chi connectivity index (χ1v) is 10.9. The molecule has 2 rings (SSSR count). The predicted molar refractivity (Wildman–Crippen MR) is 109 cm³/mol. The molecule has 0 bridgehead atoms. The Balaban J connectivity index is 2.01. The average molecular weight is 484 g/mol. The number of ether oxygens (including phenoxy) is 1. The number of hydrogen-bond donors (Lipinski definition) is 2. The lowest BCUT2D eigenvalue weighted by molar-refractivity contribution is -0.141. The Morgan fingerprint density at radius 2 is 1.76 bits per heavy atom. The van der Waals surface area contributed by atoms with Crippen molar-refractivity contribution in [3.63, 3.8) is 0 Å². The second-order valence-electron chi connectivity index (χ2n) is 5.74. The van der Waals surface area contributed by atoms with E-state index < -0.39 is 21.9 Å². The van der Waals surface area contributed by atoms with Crippen molar-refractivity contribution in [2.45, 2.75) is 17.7 Å². The van der Waals surface area contributed by atoms with Crippen molar-refractivity contribution < 1.29 is 27.5 Å². The molecular weight excluding hydrogens is 466 g/mol. The van der Waals surface area contributed by atoms with Crippen LogP contribution in [0, 0.1) is 0 Å². The summed E-state index contributed by atoms with van der Waals surface area (Å²) in [5.41, 5.74) is 0.742. The van der Waals surface area contributed by atoms with E-state index >= 15 is 0 Å². The monoisotopic (exact) mass is 483 g/mol. The molecule has 1 heterocycles. The number of ketones is 1. The molecule has 0 saturated carbocycles. The second-order valence-corrected chi connectivity index (χ2v) is 7.99. The molecule has 0 aliphatic rings. The smallest absolute Gasteiger partial charge is 0.306 e. The summed E-state index contributed by atoms with van der Waals surface area (Å²) in [6.07, 6.45) is 1.19. The van der Waals surface area contributed by atoms with Crippen LogP contribution in [0.2, 0.25) is 0 Å². The van der Waals surface area contributed by atoms with Crippen molar-refractivity contribution in [2.24, 2.45) is 0 Å². The summed E-state index contributed by atoms with van der Waals surface area (Å²) in [4.78, 5) is 38.3. The lowest BCUT2D eigenvalue weighted by Gasteiger charge is -2.09. The van der Waals surface area contributed by atoms with Crippen LogP contribution in [0.3, 0.4) is 0 Å². The number of hydrogen-bond acceptors (Lipinski definition) is 7. The first-order chi connectivity index (χ1) is 13.7. The van der Waals surface area contributed by atoms with Crippen molar-refractivity contribution in [1.82, 2.24) is 4.98 Å². The number of anilines is 2. The Bertz CT molecular complexity index is 991. The Labute approximate surface area is 176 Å². The summed E-state index contributed by atoms with van der Waals surface area (Å²) >= 11 is 3.05. The number of Topliss-reactive ketones (excluding diaryl/α,β-unsaturated/α-hetero) is 1. The number of amides is 1. The molecule has 0 unspecified atom stereocenters. The lowest BCUT2D eigenvalue weighted by atomic mass is 10.2. The quantitative estimate of drug-likeness (QED) is 0.317. The van der Waals surface area contributed by atoms with Crippen LogP contribution in [-0.2, 0) is 24.3 Å².